The van der Waals surface area contributed by atoms with Crippen molar-refractivity contribution in [2.75, 3.05) is 0 Å². The molecule has 21 heavy (non-hydrogen) atoms. The van der Waals surface area contributed by atoms with Gasteiger partial charge in [-0.05, 0) is 47.3 Å². The molecule has 1 fully saturated rings. The second kappa shape index (κ2) is 7.45. The Morgan fingerprint density at radius 3 is 2.24 bits per heavy atom. The van der Waals surface area contributed by atoms with Gasteiger partial charge in [0.25, 0.3) is 0 Å². The Bertz CT molecular complexity index is 441. The summed E-state index contributed by atoms with van der Waals surface area (Å²) >= 11 is 0. The first-order chi connectivity index (χ1) is 9.99. The largest absolute Gasteiger partial charge is 0.324 e. The third-order valence-corrected chi connectivity index (χ3v) is 5.16. The van der Waals surface area contributed by atoms with Gasteiger partial charge < -0.3 is 5.73 Å². The standard InChI is InChI=1S/C20H33N/c1-14(2)17-10-11-18(19(13-17)15(3)4)20(21)12-9-16-7-5-6-8-16/h10-11,13-16,20H,5-9,12,21H2,1-4H3. The lowest BCUT2D eigenvalue weighted by Crippen LogP contribution is -2.15. The molecule has 0 saturated heterocycles. The highest BCUT2D eigenvalue weighted by Crippen LogP contribution is 2.33. The fraction of sp³-hybridized carbons (Fsp3) is 0.700. The maximum atomic E-state index is 6.54. The van der Waals surface area contributed by atoms with Gasteiger partial charge in [0.2, 0.25) is 0 Å². The van der Waals surface area contributed by atoms with Crippen LogP contribution in [0.1, 0.15) is 101 Å². The average molecular weight is 287 g/mol. The highest BCUT2D eigenvalue weighted by Gasteiger charge is 2.19. The molecular weight excluding hydrogens is 254 g/mol. The van der Waals surface area contributed by atoms with E-state index in [2.05, 4.69) is 45.9 Å². The van der Waals surface area contributed by atoms with Crippen LogP contribution in [0.3, 0.4) is 0 Å². The first kappa shape index (κ1) is 16.5. The molecule has 1 aromatic rings. The molecule has 1 aliphatic carbocycles. The first-order valence-corrected chi connectivity index (χ1v) is 8.88. The minimum atomic E-state index is 0.212. The molecule has 0 aromatic heterocycles. The van der Waals surface area contributed by atoms with E-state index in [1.165, 1.54) is 48.8 Å². The average Bonchev–Trinajstić information content (AvgIpc) is 2.97. The second-order valence-electron chi connectivity index (χ2n) is 7.53. The van der Waals surface area contributed by atoms with Gasteiger partial charge in [0, 0.05) is 6.04 Å². The van der Waals surface area contributed by atoms with Crippen LogP contribution in [0, 0.1) is 5.92 Å². The van der Waals surface area contributed by atoms with Crippen LogP contribution in [-0.2, 0) is 0 Å². The van der Waals surface area contributed by atoms with E-state index in [1.54, 1.807) is 0 Å². The van der Waals surface area contributed by atoms with Crippen molar-refractivity contribution >= 4 is 0 Å². The Labute approximate surface area is 131 Å². The van der Waals surface area contributed by atoms with Gasteiger partial charge in [-0.2, -0.15) is 0 Å². The van der Waals surface area contributed by atoms with Crippen molar-refractivity contribution in [3.05, 3.63) is 34.9 Å². The second-order valence-corrected chi connectivity index (χ2v) is 7.53. The lowest BCUT2D eigenvalue weighted by atomic mass is 9.86. The highest BCUT2D eigenvalue weighted by atomic mass is 14.6. The number of hydrogen-bond acceptors (Lipinski definition) is 1. The molecule has 2 rings (SSSR count). The van der Waals surface area contributed by atoms with Crippen molar-refractivity contribution in [2.24, 2.45) is 11.7 Å². The van der Waals surface area contributed by atoms with Gasteiger partial charge >= 0.3 is 0 Å². The molecule has 1 heteroatoms. The van der Waals surface area contributed by atoms with Crippen LogP contribution in [0.5, 0.6) is 0 Å². The molecule has 1 unspecified atom stereocenters. The summed E-state index contributed by atoms with van der Waals surface area (Å²) in [5.74, 6) is 2.08. The fourth-order valence-corrected chi connectivity index (χ4v) is 3.66. The molecule has 1 aromatic carbocycles. The summed E-state index contributed by atoms with van der Waals surface area (Å²) in [6.45, 7) is 9.09. The third kappa shape index (κ3) is 4.32. The SMILES string of the molecule is CC(C)c1ccc(C(N)CCC2CCCC2)c(C(C)C)c1. The van der Waals surface area contributed by atoms with Crippen LogP contribution in [0.2, 0.25) is 0 Å². The predicted molar refractivity (Wildman–Crippen MR) is 92.7 cm³/mol. The van der Waals surface area contributed by atoms with Crippen LogP contribution in [0.15, 0.2) is 18.2 Å². The fourth-order valence-electron chi connectivity index (χ4n) is 3.66. The van der Waals surface area contributed by atoms with Crippen molar-refractivity contribution in [2.45, 2.75) is 84.1 Å². The molecule has 0 spiro atoms. The molecule has 0 heterocycles. The van der Waals surface area contributed by atoms with Gasteiger partial charge in [0.15, 0.2) is 0 Å². The van der Waals surface area contributed by atoms with Crippen molar-refractivity contribution in [3.8, 4) is 0 Å². The Kier molecular flexibility index (Phi) is 5.87. The van der Waals surface area contributed by atoms with E-state index in [0.29, 0.717) is 11.8 Å². The zero-order chi connectivity index (χ0) is 15.4. The van der Waals surface area contributed by atoms with Crippen LogP contribution in [0.25, 0.3) is 0 Å². The maximum absolute atomic E-state index is 6.54. The van der Waals surface area contributed by atoms with Crippen molar-refractivity contribution < 1.29 is 0 Å². The van der Waals surface area contributed by atoms with E-state index in [1.807, 2.05) is 0 Å². The Hall–Kier alpha value is -0.820. The van der Waals surface area contributed by atoms with Crippen molar-refractivity contribution in [1.82, 2.24) is 0 Å². The predicted octanol–water partition coefficient (Wildman–Crippen LogP) is 5.90. The van der Waals surface area contributed by atoms with E-state index in [9.17, 15) is 0 Å². The molecule has 2 N–H and O–H groups in total. The topological polar surface area (TPSA) is 26.0 Å². The number of hydrogen-bond donors (Lipinski definition) is 1. The molecule has 1 atom stereocenters. The normalized spacial score (nSPS) is 17.9. The number of nitrogens with two attached hydrogens (primary N) is 1. The van der Waals surface area contributed by atoms with Gasteiger partial charge in [-0.1, -0.05) is 71.6 Å². The van der Waals surface area contributed by atoms with Crippen LogP contribution < -0.4 is 5.73 Å². The van der Waals surface area contributed by atoms with Gasteiger partial charge in [-0.15, -0.1) is 0 Å². The molecule has 1 aliphatic rings. The maximum Gasteiger partial charge on any atom is 0.0297 e. The Morgan fingerprint density at radius 2 is 1.67 bits per heavy atom. The smallest absolute Gasteiger partial charge is 0.0297 e. The van der Waals surface area contributed by atoms with Crippen LogP contribution in [0.4, 0.5) is 0 Å². The highest BCUT2D eigenvalue weighted by molar-refractivity contribution is 5.37. The molecule has 0 amide bonds. The van der Waals surface area contributed by atoms with E-state index in [4.69, 9.17) is 5.73 Å². The summed E-state index contributed by atoms with van der Waals surface area (Å²) in [7, 11) is 0. The summed E-state index contributed by atoms with van der Waals surface area (Å²) in [4.78, 5) is 0. The van der Waals surface area contributed by atoms with Gasteiger partial charge in [0.05, 0.1) is 0 Å². The molecule has 0 aliphatic heterocycles. The minimum absolute atomic E-state index is 0.212. The third-order valence-electron chi connectivity index (χ3n) is 5.16. The summed E-state index contributed by atoms with van der Waals surface area (Å²) in [6.07, 6.45) is 8.17. The zero-order valence-electron chi connectivity index (χ0n) is 14.4. The van der Waals surface area contributed by atoms with Crippen LogP contribution in [-0.4, -0.2) is 0 Å². The Balaban J connectivity index is 2.09. The molecule has 1 nitrogen and oxygen atoms in total. The van der Waals surface area contributed by atoms with E-state index < -0.39 is 0 Å². The van der Waals surface area contributed by atoms with Crippen molar-refractivity contribution in [3.63, 3.8) is 0 Å². The van der Waals surface area contributed by atoms with E-state index in [-0.39, 0.29) is 6.04 Å². The van der Waals surface area contributed by atoms with Gasteiger partial charge in [-0.3, -0.25) is 0 Å². The monoisotopic (exact) mass is 287 g/mol. The molecule has 0 bridgehead atoms. The number of rotatable bonds is 6. The molecule has 118 valence electrons. The Morgan fingerprint density at radius 1 is 1.00 bits per heavy atom. The van der Waals surface area contributed by atoms with Gasteiger partial charge in [-0.25, -0.2) is 0 Å². The summed E-state index contributed by atoms with van der Waals surface area (Å²) in [5, 5.41) is 0. The van der Waals surface area contributed by atoms with Crippen LogP contribution >= 0.6 is 0 Å². The quantitative estimate of drug-likeness (QED) is 0.692. The summed E-state index contributed by atoms with van der Waals surface area (Å²) < 4.78 is 0. The van der Waals surface area contributed by atoms with E-state index in [0.717, 1.165) is 12.3 Å². The summed E-state index contributed by atoms with van der Waals surface area (Å²) in [5.41, 5.74) is 10.8. The first-order valence-electron chi connectivity index (χ1n) is 8.88. The van der Waals surface area contributed by atoms with Gasteiger partial charge in [0.1, 0.15) is 0 Å². The van der Waals surface area contributed by atoms with E-state index >= 15 is 0 Å². The molecular formula is C20H33N. The minimum Gasteiger partial charge on any atom is -0.324 e. The lowest BCUT2D eigenvalue weighted by molar-refractivity contribution is 0.452. The van der Waals surface area contributed by atoms with Crippen molar-refractivity contribution in [1.29, 1.82) is 0 Å². The summed E-state index contributed by atoms with van der Waals surface area (Å²) in [6, 6.07) is 7.18. The molecule has 1 saturated carbocycles. The zero-order valence-corrected chi connectivity index (χ0v) is 14.4. The molecule has 0 radical (unpaired) electrons. The lowest BCUT2D eigenvalue weighted by Gasteiger charge is -2.22. The number of benzene rings is 1.